The zero-order valence-electron chi connectivity index (χ0n) is 10.5. The second-order valence-corrected chi connectivity index (χ2v) is 4.69. The third-order valence-electron chi connectivity index (χ3n) is 2.61. The van der Waals surface area contributed by atoms with Crippen LogP contribution in [0.5, 0.6) is 0 Å². The van der Waals surface area contributed by atoms with Crippen LogP contribution in [0, 0.1) is 6.92 Å². The smallest absolute Gasteiger partial charge is 0.189 e. The molecule has 1 N–H and O–H groups in total. The van der Waals surface area contributed by atoms with Gasteiger partial charge < -0.3 is 9.88 Å². The summed E-state index contributed by atoms with van der Waals surface area (Å²) in [6.07, 6.45) is 4.95. The van der Waals surface area contributed by atoms with E-state index in [0.29, 0.717) is 10.7 Å². The summed E-state index contributed by atoms with van der Waals surface area (Å²) < 4.78 is 0. The van der Waals surface area contributed by atoms with Gasteiger partial charge in [0.25, 0.3) is 0 Å². The number of H-pyrrole nitrogens is 1. The number of aryl methyl sites for hydroxylation is 1. The fourth-order valence-corrected chi connectivity index (χ4v) is 2.00. The number of hydrogen-bond acceptors (Lipinski definition) is 3. The molecule has 0 atom stereocenters. The van der Waals surface area contributed by atoms with Gasteiger partial charge in [0.2, 0.25) is 0 Å². The van der Waals surface area contributed by atoms with Gasteiger partial charge in [-0.1, -0.05) is 11.6 Å². The van der Waals surface area contributed by atoms with E-state index in [9.17, 15) is 4.79 Å². The van der Waals surface area contributed by atoms with Crippen molar-refractivity contribution in [1.29, 1.82) is 0 Å². The molecule has 0 aliphatic carbocycles. The van der Waals surface area contributed by atoms with Crippen molar-refractivity contribution in [3.8, 4) is 0 Å². The van der Waals surface area contributed by atoms with Crippen LogP contribution in [0.15, 0.2) is 24.5 Å². The molecule has 0 amide bonds. The highest BCUT2D eigenvalue weighted by Gasteiger charge is 2.12. The molecule has 0 aliphatic heterocycles. The molecule has 0 saturated heterocycles. The molecule has 94 valence electrons. The van der Waals surface area contributed by atoms with E-state index in [2.05, 4.69) is 9.97 Å². The molecular weight excluding hydrogens is 250 g/mol. The molecular formula is C13H14ClN3O. The molecule has 4 nitrogen and oxygen atoms in total. The number of nitrogens with zero attached hydrogens (tertiary/aromatic N) is 2. The molecule has 0 fully saturated rings. The van der Waals surface area contributed by atoms with E-state index in [1.165, 1.54) is 6.08 Å². The lowest BCUT2D eigenvalue weighted by molar-refractivity contribution is 0.104. The molecule has 2 rings (SSSR count). The number of ketones is 1. The highest BCUT2D eigenvalue weighted by molar-refractivity contribution is 6.30. The number of carbonyl (C=O) groups is 1. The Labute approximate surface area is 110 Å². The Bertz CT molecular complexity index is 628. The third-order valence-corrected chi connectivity index (χ3v) is 2.80. The Balaban J connectivity index is 2.49. The van der Waals surface area contributed by atoms with Crippen molar-refractivity contribution in [2.24, 2.45) is 0 Å². The molecule has 18 heavy (non-hydrogen) atoms. The van der Waals surface area contributed by atoms with Gasteiger partial charge in [-0.25, -0.2) is 4.98 Å². The maximum atomic E-state index is 12.0. The van der Waals surface area contributed by atoms with Gasteiger partial charge in [-0.15, -0.1) is 0 Å². The number of pyridine rings is 1. The zero-order chi connectivity index (χ0) is 13.3. The monoisotopic (exact) mass is 263 g/mol. The average Bonchev–Trinajstić information content (AvgIpc) is 2.69. The molecule has 0 saturated carbocycles. The predicted molar refractivity (Wildman–Crippen MR) is 73.0 cm³/mol. The number of hydrogen-bond donors (Lipinski definition) is 1. The van der Waals surface area contributed by atoms with Gasteiger partial charge >= 0.3 is 0 Å². The highest BCUT2D eigenvalue weighted by Crippen LogP contribution is 2.24. The van der Waals surface area contributed by atoms with E-state index in [1.807, 2.05) is 25.9 Å². The van der Waals surface area contributed by atoms with E-state index in [4.69, 9.17) is 11.6 Å². The topological polar surface area (TPSA) is 49.0 Å². The minimum Gasteiger partial charge on any atom is -0.383 e. The van der Waals surface area contributed by atoms with Gasteiger partial charge in [0, 0.05) is 43.5 Å². The third kappa shape index (κ3) is 2.38. The first kappa shape index (κ1) is 12.6. The van der Waals surface area contributed by atoms with Crippen LogP contribution in [-0.2, 0) is 0 Å². The molecule has 0 spiro atoms. The fraction of sp³-hybridized carbons (Fsp3) is 0.231. The van der Waals surface area contributed by atoms with Crippen LogP contribution in [0.2, 0.25) is 5.15 Å². The van der Waals surface area contributed by atoms with Gasteiger partial charge in [-0.2, -0.15) is 0 Å². The maximum Gasteiger partial charge on any atom is 0.189 e. The summed E-state index contributed by atoms with van der Waals surface area (Å²) in [6.45, 7) is 1.86. The second-order valence-electron chi connectivity index (χ2n) is 4.30. The zero-order valence-corrected chi connectivity index (χ0v) is 11.2. The lowest BCUT2D eigenvalue weighted by Gasteiger charge is -2.02. The Morgan fingerprint density at radius 3 is 2.89 bits per heavy atom. The van der Waals surface area contributed by atoms with Crippen LogP contribution in [0.3, 0.4) is 0 Å². The Hall–Kier alpha value is -1.81. The van der Waals surface area contributed by atoms with Crippen LogP contribution >= 0.6 is 11.6 Å². The quantitative estimate of drug-likeness (QED) is 0.526. The molecule has 2 aromatic heterocycles. The van der Waals surface area contributed by atoms with Crippen molar-refractivity contribution in [2.45, 2.75) is 6.92 Å². The minimum absolute atomic E-state index is 0.0587. The molecule has 0 aliphatic rings. The van der Waals surface area contributed by atoms with Gasteiger partial charge in [0.1, 0.15) is 5.15 Å². The predicted octanol–water partition coefficient (Wildman–Crippen LogP) is 2.78. The lowest BCUT2D eigenvalue weighted by atomic mass is 10.1. The molecule has 0 aromatic carbocycles. The second kappa shape index (κ2) is 4.82. The van der Waals surface area contributed by atoms with E-state index in [1.54, 1.807) is 18.5 Å². The van der Waals surface area contributed by atoms with Crippen molar-refractivity contribution in [2.75, 3.05) is 14.1 Å². The number of aromatic nitrogens is 2. The van der Waals surface area contributed by atoms with Crippen LogP contribution in [-0.4, -0.2) is 34.7 Å². The summed E-state index contributed by atoms with van der Waals surface area (Å²) in [5.74, 6) is -0.0587. The summed E-state index contributed by atoms with van der Waals surface area (Å²) >= 11 is 5.92. The molecule has 2 aromatic rings. The summed E-state index contributed by atoms with van der Waals surface area (Å²) in [6, 6.07) is 1.71. The van der Waals surface area contributed by atoms with Gasteiger partial charge in [0.05, 0.1) is 11.2 Å². The van der Waals surface area contributed by atoms with E-state index < -0.39 is 0 Å². The Morgan fingerprint density at radius 2 is 2.22 bits per heavy atom. The van der Waals surface area contributed by atoms with E-state index in [0.717, 1.165) is 16.6 Å². The average molecular weight is 264 g/mol. The van der Waals surface area contributed by atoms with Crippen LogP contribution < -0.4 is 0 Å². The highest BCUT2D eigenvalue weighted by atomic mass is 35.5. The Morgan fingerprint density at radius 1 is 1.50 bits per heavy atom. The van der Waals surface area contributed by atoms with Crippen molar-refractivity contribution >= 4 is 28.3 Å². The van der Waals surface area contributed by atoms with Crippen LogP contribution in [0.25, 0.3) is 10.9 Å². The largest absolute Gasteiger partial charge is 0.383 e. The molecule has 0 unspecified atom stereocenters. The maximum absolute atomic E-state index is 12.0. The van der Waals surface area contributed by atoms with E-state index >= 15 is 0 Å². The summed E-state index contributed by atoms with van der Waals surface area (Å²) in [5.41, 5.74) is 2.24. The first-order valence-corrected chi connectivity index (χ1v) is 5.90. The number of nitrogens with one attached hydrogen (secondary N) is 1. The number of rotatable bonds is 3. The summed E-state index contributed by atoms with van der Waals surface area (Å²) in [5, 5.41) is 1.20. The first-order valence-electron chi connectivity index (χ1n) is 5.52. The number of fused-ring (bicyclic) bond motifs is 1. The van der Waals surface area contributed by atoms with Crippen LogP contribution in [0.1, 0.15) is 16.1 Å². The first-order chi connectivity index (χ1) is 8.49. The van der Waals surface area contributed by atoms with E-state index in [-0.39, 0.29) is 5.78 Å². The molecule has 0 bridgehead atoms. The number of allylic oxidation sites excluding steroid dienone is 1. The minimum atomic E-state index is -0.0587. The van der Waals surface area contributed by atoms with Gasteiger partial charge in [-0.05, 0) is 13.0 Å². The lowest BCUT2D eigenvalue weighted by Crippen LogP contribution is -2.02. The summed E-state index contributed by atoms with van der Waals surface area (Å²) in [4.78, 5) is 21.1. The van der Waals surface area contributed by atoms with Crippen molar-refractivity contribution in [3.63, 3.8) is 0 Å². The Kier molecular flexibility index (Phi) is 3.39. The molecule has 0 radical (unpaired) electrons. The van der Waals surface area contributed by atoms with Crippen molar-refractivity contribution in [1.82, 2.24) is 14.9 Å². The van der Waals surface area contributed by atoms with Gasteiger partial charge in [-0.3, -0.25) is 4.79 Å². The van der Waals surface area contributed by atoms with Gasteiger partial charge in [0.15, 0.2) is 5.78 Å². The number of aromatic amines is 1. The van der Waals surface area contributed by atoms with Crippen molar-refractivity contribution < 1.29 is 4.79 Å². The normalized spacial score (nSPS) is 11.3. The van der Waals surface area contributed by atoms with Crippen LogP contribution in [0.4, 0.5) is 0 Å². The standard InChI is InChI=1S/C13H14ClN3O/c1-8-13-9(6-12(14)16-8)10(7-15-13)11(18)4-5-17(2)3/h4-7,15H,1-3H3/b5-4+. The molecule has 2 heterocycles. The number of carbonyl (C=O) groups excluding carboxylic acids is 1. The number of halogens is 1. The summed E-state index contributed by atoms with van der Waals surface area (Å²) in [7, 11) is 3.73. The van der Waals surface area contributed by atoms with Crippen molar-refractivity contribution in [3.05, 3.63) is 40.9 Å². The SMILES string of the molecule is Cc1nc(Cl)cc2c(C(=O)/C=C/N(C)C)c[nH]c12. The molecule has 5 heteroatoms. The fourth-order valence-electron chi connectivity index (χ4n) is 1.76.